The van der Waals surface area contributed by atoms with Crippen LogP contribution in [-0.2, 0) is 64.3 Å². The second-order valence-corrected chi connectivity index (χ2v) is 15.3. The van der Waals surface area contributed by atoms with Gasteiger partial charge in [0.05, 0.1) is 51.8 Å². The number of ether oxygens (including phenoxy) is 8. The van der Waals surface area contributed by atoms with Gasteiger partial charge in [-0.3, -0.25) is 0 Å². The van der Waals surface area contributed by atoms with E-state index < -0.39 is 42.5 Å². The normalized spacial score (nSPS) is 25.2. The second-order valence-electron chi connectivity index (χ2n) is 15.3. The van der Waals surface area contributed by atoms with Crippen LogP contribution < -0.4 is 5.73 Å². The van der Waals surface area contributed by atoms with Gasteiger partial charge in [0.15, 0.2) is 12.1 Å². The fourth-order valence-electron chi connectivity index (χ4n) is 7.40. The summed E-state index contributed by atoms with van der Waals surface area (Å²) in [5.74, 6) is -0.735. The molecule has 5 unspecified atom stereocenters. The molecule has 4 aromatic carbocycles. The molecule has 4 aromatic rings. The number of hydrogen-bond acceptors (Lipinski definition) is 9. The predicted octanol–water partition coefficient (Wildman–Crippen LogP) is 8.52. The molecule has 8 atom stereocenters. The van der Waals surface area contributed by atoms with Crippen molar-refractivity contribution in [2.75, 3.05) is 13.2 Å². The van der Waals surface area contributed by atoms with Crippen LogP contribution >= 0.6 is 0 Å². The smallest absolute Gasteiger partial charge is 0.187 e. The van der Waals surface area contributed by atoms with Crippen LogP contribution in [0.15, 0.2) is 121 Å². The van der Waals surface area contributed by atoms with E-state index in [4.69, 9.17) is 43.6 Å². The lowest BCUT2D eigenvalue weighted by atomic mass is 9.97. The molecule has 2 saturated heterocycles. The Kier molecular flexibility index (Phi) is 16.5. The van der Waals surface area contributed by atoms with Crippen molar-refractivity contribution < 1.29 is 37.9 Å². The minimum absolute atomic E-state index is 0.130. The van der Waals surface area contributed by atoms with E-state index >= 15 is 0 Å². The Balaban J connectivity index is 1.27. The van der Waals surface area contributed by atoms with Crippen LogP contribution in [0.2, 0.25) is 0 Å². The van der Waals surface area contributed by atoms with Crippen molar-refractivity contribution in [3.05, 3.63) is 144 Å². The van der Waals surface area contributed by atoms with Crippen molar-refractivity contribution in [1.82, 2.24) is 0 Å². The van der Waals surface area contributed by atoms with E-state index in [2.05, 4.69) is 19.1 Å². The number of unbranched alkanes of at least 4 members (excludes halogenated alkanes) is 3. The van der Waals surface area contributed by atoms with Gasteiger partial charge >= 0.3 is 0 Å². The number of rotatable bonds is 22. The monoisotopic (exact) mass is 767 g/mol. The van der Waals surface area contributed by atoms with Gasteiger partial charge in [0, 0.05) is 0 Å². The van der Waals surface area contributed by atoms with Gasteiger partial charge < -0.3 is 43.6 Å². The van der Waals surface area contributed by atoms with Gasteiger partial charge in [-0.05, 0) is 42.5 Å². The van der Waals surface area contributed by atoms with E-state index in [9.17, 15) is 0 Å². The van der Waals surface area contributed by atoms with Crippen LogP contribution in [0.5, 0.6) is 0 Å². The van der Waals surface area contributed by atoms with Gasteiger partial charge in [0.1, 0.15) is 30.5 Å². The van der Waals surface area contributed by atoms with Gasteiger partial charge in [-0.25, -0.2) is 0 Å². The van der Waals surface area contributed by atoms with E-state index in [0.717, 1.165) is 41.5 Å². The van der Waals surface area contributed by atoms with Gasteiger partial charge in [-0.15, -0.1) is 0 Å². The van der Waals surface area contributed by atoms with Crippen LogP contribution in [0.3, 0.4) is 0 Å². The molecule has 0 amide bonds. The van der Waals surface area contributed by atoms with Crippen LogP contribution in [0, 0.1) is 0 Å². The summed E-state index contributed by atoms with van der Waals surface area (Å²) in [7, 11) is 0. The van der Waals surface area contributed by atoms with Crippen LogP contribution in [0.4, 0.5) is 0 Å². The molecule has 2 heterocycles. The van der Waals surface area contributed by atoms with Gasteiger partial charge in [0.25, 0.3) is 0 Å². The highest BCUT2D eigenvalue weighted by atomic mass is 16.8. The molecular weight excluding hydrogens is 707 g/mol. The molecule has 302 valence electrons. The van der Waals surface area contributed by atoms with E-state index in [1.54, 1.807) is 0 Å². The SMILES string of the molecule is CCCCCC[C@@H]1OC(C)(C)O[C@H]1[C@@H](N)COC1OC(COCc2ccccc2)C(OCc2ccccc2)C(OCc2ccccc2)C1OCc1ccccc1. The lowest BCUT2D eigenvalue weighted by Gasteiger charge is -2.46. The van der Waals surface area contributed by atoms with Crippen molar-refractivity contribution in [2.45, 2.75) is 134 Å². The molecular formula is C47H61NO8. The summed E-state index contributed by atoms with van der Waals surface area (Å²) < 4.78 is 53.1. The topological polar surface area (TPSA) is 99.9 Å². The fraction of sp³-hybridized carbons (Fsp3) is 0.489. The molecule has 0 bridgehead atoms. The number of hydrogen-bond donors (Lipinski definition) is 1. The summed E-state index contributed by atoms with van der Waals surface area (Å²) in [4.78, 5) is 0. The molecule has 0 aromatic heterocycles. The van der Waals surface area contributed by atoms with Crippen molar-refractivity contribution >= 4 is 0 Å². The highest BCUT2D eigenvalue weighted by Gasteiger charge is 2.50. The van der Waals surface area contributed by atoms with Crippen molar-refractivity contribution in [2.24, 2.45) is 5.73 Å². The van der Waals surface area contributed by atoms with Gasteiger partial charge in [0.2, 0.25) is 0 Å². The Morgan fingerprint density at radius 2 is 1.07 bits per heavy atom. The van der Waals surface area contributed by atoms with Crippen molar-refractivity contribution in [1.29, 1.82) is 0 Å². The van der Waals surface area contributed by atoms with Crippen molar-refractivity contribution in [3.8, 4) is 0 Å². The molecule has 6 rings (SSSR count). The first-order valence-electron chi connectivity index (χ1n) is 20.3. The second kappa shape index (κ2) is 21.9. The van der Waals surface area contributed by atoms with Crippen LogP contribution in [0.1, 0.15) is 75.1 Å². The summed E-state index contributed by atoms with van der Waals surface area (Å²) in [5.41, 5.74) is 11.1. The summed E-state index contributed by atoms with van der Waals surface area (Å²) in [5, 5.41) is 0. The molecule has 2 aliphatic heterocycles. The minimum atomic E-state index is -0.856. The molecule has 2 aliphatic rings. The molecule has 9 heteroatoms. The average Bonchev–Trinajstić information content (AvgIpc) is 3.55. The van der Waals surface area contributed by atoms with Gasteiger partial charge in [-0.2, -0.15) is 0 Å². The summed E-state index contributed by atoms with van der Waals surface area (Å²) in [6.07, 6.45) is 1.72. The molecule has 2 N–H and O–H groups in total. The van der Waals surface area contributed by atoms with E-state index in [-0.39, 0.29) is 25.4 Å². The van der Waals surface area contributed by atoms with Crippen LogP contribution in [0.25, 0.3) is 0 Å². The Hall–Kier alpha value is -3.48. The fourth-order valence-corrected chi connectivity index (χ4v) is 7.40. The third-order valence-corrected chi connectivity index (χ3v) is 10.3. The Labute approximate surface area is 333 Å². The molecule has 2 fully saturated rings. The molecule has 0 saturated carbocycles. The maximum absolute atomic E-state index is 6.93. The average molecular weight is 768 g/mol. The highest BCUT2D eigenvalue weighted by molar-refractivity contribution is 5.16. The third kappa shape index (κ3) is 12.8. The first kappa shape index (κ1) is 42.1. The Morgan fingerprint density at radius 3 is 1.61 bits per heavy atom. The number of benzene rings is 4. The zero-order valence-electron chi connectivity index (χ0n) is 33.3. The molecule has 0 spiro atoms. The predicted molar refractivity (Wildman–Crippen MR) is 216 cm³/mol. The van der Waals surface area contributed by atoms with Gasteiger partial charge in [-0.1, -0.05) is 154 Å². The molecule has 0 aliphatic carbocycles. The zero-order chi connectivity index (χ0) is 39.0. The lowest BCUT2D eigenvalue weighted by molar-refractivity contribution is -0.329. The number of nitrogens with two attached hydrogens (primary N) is 1. The summed E-state index contributed by atoms with van der Waals surface area (Å²) in [6, 6.07) is 39.9. The molecule has 0 radical (unpaired) electrons. The maximum Gasteiger partial charge on any atom is 0.187 e. The first-order valence-corrected chi connectivity index (χ1v) is 20.3. The van der Waals surface area contributed by atoms with E-state index in [1.807, 2.05) is 123 Å². The summed E-state index contributed by atoms with van der Waals surface area (Å²) >= 11 is 0. The summed E-state index contributed by atoms with van der Waals surface area (Å²) in [6.45, 7) is 7.94. The molecule has 9 nitrogen and oxygen atoms in total. The Morgan fingerprint density at radius 1 is 0.571 bits per heavy atom. The minimum Gasteiger partial charge on any atom is -0.374 e. The van der Waals surface area contributed by atoms with E-state index in [1.165, 1.54) is 12.8 Å². The maximum atomic E-state index is 6.93. The van der Waals surface area contributed by atoms with Crippen molar-refractivity contribution in [3.63, 3.8) is 0 Å². The molecule has 56 heavy (non-hydrogen) atoms. The quantitative estimate of drug-likeness (QED) is 0.0790. The zero-order valence-corrected chi connectivity index (χ0v) is 33.3. The lowest BCUT2D eigenvalue weighted by Crippen LogP contribution is -2.62. The third-order valence-electron chi connectivity index (χ3n) is 10.3. The standard InChI is InChI=1S/C47H61NO8/c1-4-5-6-19-28-40-42(56-47(2,3)55-40)39(48)33-53-46-45(52-32-38-26-17-10-18-27-38)44(51-31-37-24-15-9-16-25-37)43(50-30-36-22-13-8-14-23-36)41(54-46)34-49-29-35-20-11-7-12-21-35/h7-18,20-27,39-46H,4-6,19,28-34,48H2,1-3H3/t39-,40-,41?,42-,43?,44?,45?,46?/m0/s1. The largest absolute Gasteiger partial charge is 0.374 e. The van der Waals surface area contributed by atoms with Crippen LogP contribution in [-0.4, -0.2) is 68.0 Å². The first-order chi connectivity index (χ1) is 27.4. The highest BCUT2D eigenvalue weighted by Crippen LogP contribution is 2.35. The Bertz CT molecular complexity index is 1650. The van der Waals surface area contributed by atoms with E-state index in [0.29, 0.717) is 26.4 Å².